The number of rotatable bonds is 6. The number of benzene rings is 2. The van der Waals surface area contributed by atoms with Crippen LogP contribution in [0, 0.1) is 0 Å². The molecule has 0 saturated heterocycles. The van der Waals surface area contributed by atoms with E-state index in [-0.39, 0.29) is 6.61 Å². The zero-order chi connectivity index (χ0) is 15.5. The van der Waals surface area contributed by atoms with Crippen LogP contribution in [-0.2, 0) is 0 Å². The molecule has 2 N–H and O–H groups in total. The number of hydrogen-bond donors (Lipinski definition) is 2. The van der Waals surface area contributed by atoms with Gasteiger partial charge in [-0.05, 0) is 12.1 Å². The summed E-state index contributed by atoms with van der Waals surface area (Å²) in [5, 5.41) is 15.6. The Morgan fingerprint density at radius 1 is 1.00 bits per heavy atom. The Bertz CT molecular complexity index is 711. The molecule has 0 aliphatic heterocycles. The summed E-state index contributed by atoms with van der Waals surface area (Å²) in [6.45, 7) is 4.89. The Labute approximate surface area is 130 Å². The largest absolute Gasteiger partial charge is 0.410 e. The van der Waals surface area contributed by atoms with Crippen LogP contribution in [-0.4, -0.2) is 35.1 Å². The van der Waals surface area contributed by atoms with Gasteiger partial charge in [-0.1, -0.05) is 50.2 Å². The molecule has 0 radical (unpaired) electrons. The second-order valence-corrected chi connectivity index (χ2v) is 5.84. The van der Waals surface area contributed by atoms with Crippen molar-refractivity contribution in [1.82, 2.24) is 10.0 Å². The molecule has 22 heavy (non-hydrogen) atoms. The second-order valence-electron chi connectivity index (χ2n) is 5.84. The minimum absolute atomic E-state index is 0.252. The maximum absolute atomic E-state index is 10.0. The van der Waals surface area contributed by atoms with E-state index in [4.69, 9.17) is 4.84 Å². The normalized spacial score (nSPS) is 13.1. The number of fused-ring (bicyclic) bond motifs is 3. The third kappa shape index (κ3) is 2.93. The molecule has 2 aromatic carbocycles. The first-order chi connectivity index (χ1) is 10.7. The molecule has 1 atom stereocenters. The fourth-order valence-electron chi connectivity index (χ4n) is 2.62. The maximum Gasteiger partial charge on any atom is 0.142 e. The number of hydrogen-bond acceptors (Lipinski definition) is 3. The fourth-order valence-corrected chi connectivity index (χ4v) is 2.62. The van der Waals surface area contributed by atoms with Gasteiger partial charge in [0.15, 0.2) is 0 Å². The van der Waals surface area contributed by atoms with Crippen molar-refractivity contribution in [2.24, 2.45) is 0 Å². The smallest absolute Gasteiger partial charge is 0.142 e. The van der Waals surface area contributed by atoms with Gasteiger partial charge in [-0.15, -0.1) is 0 Å². The molecule has 3 rings (SSSR count). The van der Waals surface area contributed by atoms with Crippen LogP contribution in [0.5, 0.6) is 0 Å². The standard InChI is InChI=1S/C18H22N2O2/c1-13(2)19-11-14(21)12-22-20-17-9-5-3-7-15(17)16-8-4-6-10-18(16)20/h3-10,13-14,19,21H,11-12H2,1-2H3. The quantitative estimate of drug-likeness (QED) is 0.735. The summed E-state index contributed by atoms with van der Waals surface area (Å²) in [7, 11) is 0. The van der Waals surface area contributed by atoms with Crippen molar-refractivity contribution in [2.75, 3.05) is 13.2 Å². The number of aliphatic hydroxyl groups excluding tert-OH is 1. The van der Waals surface area contributed by atoms with Crippen LogP contribution in [0.15, 0.2) is 48.5 Å². The lowest BCUT2D eigenvalue weighted by Gasteiger charge is -2.16. The van der Waals surface area contributed by atoms with Crippen molar-refractivity contribution in [3.05, 3.63) is 48.5 Å². The molecular formula is C18H22N2O2. The maximum atomic E-state index is 10.0. The first kappa shape index (κ1) is 14.9. The molecule has 116 valence electrons. The zero-order valence-corrected chi connectivity index (χ0v) is 13.0. The predicted octanol–water partition coefficient (Wildman–Crippen LogP) is 2.58. The Morgan fingerprint density at radius 2 is 1.55 bits per heavy atom. The first-order valence-electron chi connectivity index (χ1n) is 7.69. The van der Waals surface area contributed by atoms with Gasteiger partial charge in [-0.3, -0.25) is 0 Å². The lowest BCUT2D eigenvalue weighted by Crippen LogP contribution is -2.36. The summed E-state index contributed by atoms with van der Waals surface area (Å²) in [6, 6.07) is 16.7. The lowest BCUT2D eigenvalue weighted by atomic mass is 10.2. The number of aromatic nitrogens is 1. The van der Waals surface area contributed by atoms with Gasteiger partial charge in [0.2, 0.25) is 0 Å². The van der Waals surface area contributed by atoms with Crippen molar-refractivity contribution in [1.29, 1.82) is 0 Å². The molecule has 3 aromatic rings. The lowest BCUT2D eigenvalue weighted by molar-refractivity contribution is 0.0359. The van der Waals surface area contributed by atoms with E-state index in [0.717, 1.165) is 21.8 Å². The van der Waals surface area contributed by atoms with E-state index in [0.29, 0.717) is 12.6 Å². The highest BCUT2D eigenvalue weighted by Crippen LogP contribution is 2.27. The van der Waals surface area contributed by atoms with Gasteiger partial charge in [0, 0.05) is 23.4 Å². The Balaban J connectivity index is 1.86. The molecule has 0 aliphatic carbocycles. The molecule has 0 aliphatic rings. The molecule has 0 fully saturated rings. The fraction of sp³-hybridized carbons (Fsp3) is 0.333. The van der Waals surface area contributed by atoms with E-state index in [1.54, 1.807) is 0 Å². The van der Waals surface area contributed by atoms with E-state index >= 15 is 0 Å². The first-order valence-corrected chi connectivity index (χ1v) is 7.69. The van der Waals surface area contributed by atoms with E-state index < -0.39 is 6.10 Å². The van der Waals surface area contributed by atoms with Gasteiger partial charge >= 0.3 is 0 Å². The van der Waals surface area contributed by atoms with Crippen LogP contribution in [0.3, 0.4) is 0 Å². The zero-order valence-electron chi connectivity index (χ0n) is 13.0. The summed E-state index contributed by atoms with van der Waals surface area (Å²) in [6.07, 6.45) is -0.540. The summed E-state index contributed by atoms with van der Waals surface area (Å²) in [5.41, 5.74) is 2.04. The average Bonchev–Trinajstić information content (AvgIpc) is 2.85. The van der Waals surface area contributed by atoms with Crippen LogP contribution < -0.4 is 10.2 Å². The topological polar surface area (TPSA) is 46.4 Å². The van der Waals surface area contributed by atoms with Crippen molar-refractivity contribution in [3.8, 4) is 0 Å². The molecule has 1 heterocycles. The van der Waals surface area contributed by atoms with E-state index in [2.05, 4.69) is 31.3 Å². The minimum atomic E-state index is -0.540. The van der Waals surface area contributed by atoms with Crippen molar-refractivity contribution >= 4 is 21.8 Å². The molecular weight excluding hydrogens is 276 g/mol. The third-order valence-corrected chi connectivity index (χ3v) is 3.69. The summed E-state index contributed by atoms with van der Waals surface area (Å²) >= 11 is 0. The number of para-hydroxylation sites is 2. The molecule has 4 heteroatoms. The SMILES string of the molecule is CC(C)NCC(O)COn1c2ccccc2c2ccccc21. The van der Waals surface area contributed by atoms with Crippen molar-refractivity contribution in [2.45, 2.75) is 26.0 Å². The summed E-state index contributed by atoms with van der Waals surface area (Å²) in [4.78, 5) is 5.89. The third-order valence-electron chi connectivity index (χ3n) is 3.69. The minimum Gasteiger partial charge on any atom is -0.410 e. The number of nitrogens with one attached hydrogen (secondary N) is 1. The molecule has 1 aromatic heterocycles. The van der Waals surface area contributed by atoms with Gasteiger partial charge in [-0.25, -0.2) is 0 Å². The average molecular weight is 298 g/mol. The van der Waals surface area contributed by atoms with Crippen LogP contribution >= 0.6 is 0 Å². The highest BCUT2D eigenvalue weighted by molar-refractivity contribution is 6.07. The summed E-state index contributed by atoms with van der Waals surface area (Å²) < 4.78 is 1.82. The monoisotopic (exact) mass is 298 g/mol. The Hall–Kier alpha value is -2.04. The Kier molecular flexibility index (Phi) is 4.32. The molecule has 1 unspecified atom stereocenters. The Morgan fingerprint density at radius 3 is 2.09 bits per heavy atom. The molecule has 0 saturated carbocycles. The van der Waals surface area contributed by atoms with Gasteiger partial charge in [0.1, 0.15) is 12.7 Å². The molecule has 4 nitrogen and oxygen atoms in total. The number of aliphatic hydroxyl groups is 1. The van der Waals surface area contributed by atoms with Crippen LogP contribution in [0.4, 0.5) is 0 Å². The summed E-state index contributed by atoms with van der Waals surface area (Å²) in [5.74, 6) is 0. The van der Waals surface area contributed by atoms with E-state index in [1.165, 1.54) is 0 Å². The van der Waals surface area contributed by atoms with Gasteiger partial charge in [-0.2, -0.15) is 4.73 Å². The molecule has 0 amide bonds. The van der Waals surface area contributed by atoms with E-state index in [1.807, 2.05) is 41.1 Å². The van der Waals surface area contributed by atoms with Crippen molar-refractivity contribution in [3.63, 3.8) is 0 Å². The molecule has 0 bridgehead atoms. The second kappa shape index (κ2) is 6.38. The highest BCUT2D eigenvalue weighted by atomic mass is 16.7. The number of nitrogens with zero attached hydrogens (tertiary/aromatic N) is 1. The van der Waals surface area contributed by atoms with Gasteiger partial charge in [0.05, 0.1) is 11.0 Å². The van der Waals surface area contributed by atoms with Gasteiger partial charge < -0.3 is 15.3 Å². The highest BCUT2D eigenvalue weighted by Gasteiger charge is 2.12. The predicted molar refractivity (Wildman–Crippen MR) is 90.0 cm³/mol. The van der Waals surface area contributed by atoms with Crippen LogP contribution in [0.25, 0.3) is 21.8 Å². The van der Waals surface area contributed by atoms with Crippen LogP contribution in [0.2, 0.25) is 0 Å². The molecule has 0 spiro atoms. The van der Waals surface area contributed by atoms with Gasteiger partial charge in [0.25, 0.3) is 0 Å². The van der Waals surface area contributed by atoms with Crippen LogP contribution in [0.1, 0.15) is 13.8 Å². The van der Waals surface area contributed by atoms with Crippen molar-refractivity contribution < 1.29 is 9.94 Å². The van der Waals surface area contributed by atoms with E-state index in [9.17, 15) is 5.11 Å².